The predicted octanol–water partition coefficient (Wildman–Crippen LogP) is 4.49. The minimum absolute atomic E-state index is 0.205. The van der Waals surface area contributed by atoms with Crippen LogP contribution in [0.4, 0.5) is 0 Å². The summed E-state index contributed by atoms with van der Waals surface area (Å²) in [6.07, 6.45) is 1.06. The summed E-state index contributed by atoms with van der Waals surface area (Å²) in [4.78, 5) is 2.82. The SMILES string of the molecule is Cc1ccc(CC(C)NC2c3ccccc3OC2(C)C)s1. The van der Waals surface area contributed by atoms with Crippen LogP contribution in [-0.4, -0.2) is 11.6 Å². The molecule has 0 amide bonds. The van der Waals surface area contributed by atoms with Crippen molar-refractivity contribution >= 4 is 11.3 Å². The van der Waals surface area contributed by atoms with Crippen LogP contribution in [0.15, 0.2) is 36.4 Å². The van der Waals surface area contributed by atoms with Crippen molar-refractivity contribution in [3.8, 4) is 5.75 Å². The zero-order valence-corrected chi connectivity index (χ0v) is 14.0. The van der Waals surface area contributed by atoms with Gasteiger partial charge in [-0.1, -0.05) is 18.2 Å². The van der Waals surface area contributed by atoms with Gasteiger partial charge in [-0.15, -0.1) is 11.3 Å². The second-order valence-corrected chi connectivity index (χ2v) is 7.83. The van der Waals surface area contributed by atoms with Gasteiger partial charge in [0.25, 0.3) is 0 Å². The number of nitrogens with one attached hydrogen (secondary N) is 1. The van der Waals surface area contributed by atoms with E-state index in [0.29, 0.717) is 6.04 Å². The number of thiophene rings is 1. The maximum atomic E-state index is 6.10. The number of para-hydroxylation sites is 1. The normalized spacial score (nSPS) is 20.9. The molecule has 0 saturated carbocycles. The van der Waals surface area contributed by atoms with Gasteiger partial charge in [-0.2, -0.15) is 0 Å². The van der Waals surface area contributed by atoms with Crippen molar-refractivity contribution in [3.05, 3.63) is 51.7 Å². The van der Waals surface area contributed by atoms with E-state index in [-0.39, 0.29) is 11.6 Å². The molecule has 0 saturated heterocycles. The Labute approximate surface area is 131 Å². The fourth-order valence-corrected chi connectivity index (χ4v) is 4.08. The third-order valence-corrected chi connectivity index (χ3v) is 5.08. The molecule has 2 nitrogen and oxygen atoms in total. The summed E-state index contributed by atoms with van der Waals surface area (Å²) in [5.74, 6) is 1.01. The first-order valence-electron chi connectivity index (χ1n) is 7.55. The molecule has 2 heterocycles. The van der Waals surface area contributed by atoms with E-state index >= 15 is 0 Å². The second-order valence-electron chi connectivity index (χ2n) is 6.46. The molecule has 3 heteroatoms. The maximum Gasteiger partial charge on any atom is 0.125 e. The number of benzene rings is 1. The van der Waals surface area contributed by atoms with E-state index in [9.17, 15) is 0 Å². The largest absolute Gasteiger partial charge is 0.486 e. The van der Waals surface area contributed by atoms with Gasteiger partial charge in [0.2, 0.25) is 0 Å². The average molecular weight is 301 g/mol. The number of ether oxygens (including phenoxy) is 1. The molecule has 3 rings (SSSR count). The molecule has 1 aliphatic rings. The van der Waals surface area contributed by atoms with Gasteiger partial charge in [0.15, 0.2) is 0 Å². The van der Waals surface area contributed by atoms with Crippen molar-refractivity contribution < 1.29 is 4.74 Å². The van der Waals surface area contributed by atoms with Gasteiger partial charge >= 0.3 is 0 Å². The number of hydrogen-bond donors (Lipinski definition) is 1. The van der Waals surface area contributed by atoms with Crippen LogP contribution in [0.2, 0.25) is 0 Å². The highest BCUT2D eigenvalue weighted by Gasteiger charge is 2.41. The van der Waals surface area contributed by atoms with Crippen molar-refractivity contribution in [3.63, 3.8) is 0 Å². The second kappa shape index (κ2) is 5.47. The van der Waals surface area contributed by atoms with E-state index < -0.39 is 0 Å². The van der Waals surface area contributed by atoms with Crippen LogP contribution in [0.3, 0.4) is 0 Å². The summed E-state index contributed by atoms with van der Waals surface area (Å²) in [6.45, 7) is 8.74. The quantitative estimate of drug-likeness (QED) is 0.898. The van der Waals surface area contributed by atoms with Crippen LogP contribution in [-0.2, 0) is 6.42 Å². The Balaban J connectivity index is 1.74. The van der Waals surface area contributed by atoms with Crippen LogP contribution < -0.4 is 10.1 Å². The van der Waals surface area contributed by atoms with Crippen LogP contribution in [0.1, 0.15) is 42.1 Å². The number of aryl methyl sites for hydroxylation is 1. The molecule has 0 radical (unpaired) electrons. The van der Waals surface area contributed by atoms with Gasteiger partial charge in [-0.05, 0) is 52.3 Å². The smallest absolute Gasteiger partial charge is 0.125 e. The Kier molecular flexibility index (Phi) is 3.80. The van der Waals surface area contributed by atoms with Crippen LogP contribution in [0, 0.1) is 6.92 Å². The zero-order valence-electron chi connectivity index (χ0n) is 13.1. The van der Waals surface area contributed by atoms with Crippen molar-refractivity contribution in [1.82, 2.24) is 5.32 Å². The monoisotopic (exact) mass is 301 g/mol. The highest BCUT2D eigenvalue weighted by molar-refractivity contribution is 7.11. The fourth-order valence-electron chi connectivity index (χ4n) is 3.06. The molecule has 2 atom stereocenters. The molecular weight excluding hydrogens is 278 g/mol. The topological polar surface area (TPSA) is 21.3 Å². The molecule has 0 fully saturated rings. The molecule has 2 aromatic rings. The highest BCUT2D eigenvalue weighted by Crippen LogP contribution is 2.43. The molecule has 0 aliphatic carbocycles. The molecule has 112 valence electrons. The minimum atomic E-state index is -0.205. The summed E-state index contributed by atoms with van der Waals surface area (Å²) in [5, 5.41) is 3.76. The zero-order chi connectivity index (χ0) is 15.0. The lowest BCUT2D eigenvalue weighted by Crippen LogP contribution is -2.43. The van der Waals surface area contributed by atoms with Gasteiger partial charge in [0.1, 0.15) is 11.4 Å². The molecule has 0 spiro atoms. The molecule has 1 N–H and O–H groups in total. The molecule has 0 bridgehead atoms. The Morgan fingerprint density at radius 1 is 1.24 bits per heavy atom. The van der Waals surface area contributed by atoms with E-state index in [1.165, 1.54) is 15.3 Å². The highest BCUT2D eigenvalue weighted by atomic mass is 32.1. The molecule has 21 heavy (non-hydrogen) atoms. The van der Waals surface area contributed by atoms with Crippen LogP contribution in [0.5, 0.6) is 5.75 Å². The summed E-state index contributed by atoms with van der Waals surface area (Å²) in [6, 6.07) is 13.5. The van der Waals surface area contributed by atoms with Gasteiger partial charge in [-0.3, -0.25) is 0 Å². The number of fused-ring (bicyclic) bond motifs is 1. The maximum absolute atomic E-state index is 6.10. The molecule has 1 aromatic carbocycles. The van der Waals surface area contributed by atoms with E-state index in [4.69, 9.17) is 4.74 Å². The molecular formula is C18H23NOS. The molecule has 1 aliphatic heterocycles. The van der Waals surface area contributed by atoms with Crippen molar-refractivity contribution in [2.45, 2.75) is 51.8 Å². The Bertz CT molecular complexity index is 632. The van der Waals surface area contributed by atoms with Gasteiger partial charge in [0, 0.05) is 21.4 Å². The summed E-state index contributed by atoms with van der Waals surface area (Å²) in [5.41, 5.74) is 1.07. The first kappa shape index (κ1) is 14.6. The summed E-state index contributed by atoms with van der Waals surface area (Å²) >= 11 is 1.89. The van der Waals surface area contributed by atoms with Crippen LogP contribution in [0.25, 0.3) is 0 Å². The van der Waals surface area contributed by atoms with Gasteiger partial charge in [-0.25, -0.2) is 0 Å². The van der Waals surface area contributed by atoms with E-state index in [0.717, 1.165) is 12.2 Å². The fraction of sp³-hybridized carbons (Fsp3) is 0.444. The van der Waals surface area contributed by atoms with E-state index in [1.807, 2.05) is 17.4 Å². The van der Waals surface area contributed by atoms with Gasteiger partial charge in [0.05, 0.1) is 6.04 Å². The lowest BCUT2D eigenvalue weighted by Gasteiger charge is -2.30. The third kappa shape index (κ3) is 2.99. The minimum Gasteiger partial charge on any atom is -0.486 e. The van der Waals surface area contributed by atoms with E-state index in [2.05, 4.69) is 63.3 Å². The first-order valence-corrected chi connectivity index (χ1v) is 8.36. The van der Waals surface area contributed by atoms with Crippen molar-refractivity contribution in [2.24, 2.45) is 0 Å². The van der Waals surface area contributed by atoms with Crippen LogP contribution >= 0.6 is 11.3 Å². The molecule has 1 aromatic heterocycles. The van der Waals surface area contributed by atoms with E-state index in [1.54, 1.807) is 0 Å². The number of rotatable bonds is 4. The Hall–Kier alpha value is -1.32. The first-order chi connectivity index (χ1) is 9.95. The third-order valence-electron chi connectivity index (χ3n) is 4.05. The Morgan fingerprint density at radius 3 is 2.71 bits per heavy atom. The summed E-state index contributed by atoms with van der Waals surface area (Å²) in [7, 11) is 0. The number of hydrogen-bond acceptors (Lipinski definition) is 3. The average Bonchev–Trinajstić information content (AvgIpc) is 2.91. The lowest BCUT2D eigenvalue weighted by molar-refractivity contribution is 0.0919. The lowest BCUT2D eigenvalue weighted by atomic mass is 9.93. The van der Waals surface area contributed by atoms with Crippen molar-refractivity contribution in [2.75, 3.05) is 0 Å². The Morgan fingerprint density at radius 2 is 2.00 bits per heavy atom. The predicted molar refractivity (Wildman–Crippen MR) is 89.2 cm³/mol. The standard InChI is InChI=1S/C18H23NOS/c1-12(11-14-10-9-13(2)21-14)19-17-15-7-5-6-8-16(15)20-18(17,3)4/h5-10,12,17,19H,11H2,1-4H3. The summed E-state index contributed by atoms with van der Waals surface area (Å²) < 4.78 is 6.10. The molecule has 2 unspecified atom stereocenters. The van der Waals surface area contributed by atoms with Crippen molar-refractivity contribution in [1.29, 1.82) is 0 Å². The van der Waals surface area contributed by atoms with Gasteiger partial charge < -0.3 is 10.1 Å².